The number of nitrogens with one attached hydrogen (secondary N) is 1. The van der Waals surface area contributed by atoms with Crippen LogP contribution in [0.1, 0.15) is 12.5 Å². The van der Waals surface area contributed by atoms with E-state index in [2.05, 4.69) is 15.2 Å². The molecule has 1 unspecified atom stereocenters. The van der Waals surface area contributed by atoms with Crippen LogP contribution >= 0.6 is 11.8 Å². The van der Waals surface area contributed by atoms with Gasteiger partial charge in [-0.05, 0) is 36.7 Å². The lowest BCUT2D eigenvalue weighted by Gasteiger charge is -2.09. The number of H-pyrrole nitrogens is 1. The molecule has 18 heavy (non-hydrogen) atoms. The van der Waals surface area contributed by atoms with Crippen LogP contribution < -0.4 is 11.4 Å². The number of hydrogen-bond acceptors (Lipinski definition) is 5. The molecule has 96 valence electrons. The summed E-state index contributed by atoms with van der Waals surface area (Å²) in [6.07, 6.45) is 2.46. The summed E-state index contributed by atoms with van der Waals surface area (Å²) in [4.78, 5) is 15.6. The molecule has 0 aliphatic rings. The van der Waals surface area contributed by atoms with E-state index in [1.165, 1.54) is 16.3 Å². The third kappa shape index (κ3) is 2.80. The van der Waals surface area contributed by atoms with Gasteiger partial charge in [0.1, 0.15) is 5.03 Å². The highest BCUT2D eigenvalue weighted by Crippen LogP contribution is 2.26. The van der Waals surface area contributed by atoms with E-state index in [1.807, 2.05) is 19.1 Å². The molecule has 0 saturated heterocycles. The molecule has 0 bridgehead atoms. The molecule has 2 aromatic heterocycles. The number of nitrogens with zero attached hydrogens (tertiary/aromatic N) is 3. The number of aromatic nitrogens is 4. The predicted octanol–water partition coefficient (Wildman–Crippen LogP) is 0.544. The zero-order chi connectivity index (χ0) is 13.1. The monoisotopic (exact) mass is 265 g/mol. The van der Waals surface area contributed by atoms with Crippen molar-refractivity contribution in [3.8, 4) is 0 Å². The molecule has 0 amide bonds. The first kappa shape index (κ1) is 12.8. The number of rotatable bonds is 4. The van der Waals surface area contributed by atoms with Crippen LogP contribution in [0.5, 0.6) is 0 Å². The van der Waals surface area contributed by atoms with Gasteiger partial charge in [-0.2, -0.15) is 0 Å². The molecule has 0 aliphatic carbocycles. The average Bonchev–Trinajstić information content (AvgIpc) is 2.63. The van der Waals surface area contributed by atoms with Gasteiger partial charge in [-0.25, -0.2) is 14.9 Å². The Kier molecular flexibility index (Phi) is 3.83. The molecule has 0 aromatic carbocycles. The SMILES string of the molecule is CC(N)Cc1cccnc1Sc1n[nH]c(=O)n1C. The molecule has 0 radical (unpaired) electrons. The predicted molar refractivity (Wildman–Crippen MR) is 69.5 cm³/mol. The number of aromatic amines is 1. The molecule has 3 N–H and O–H groups in total. The van der Waals surface area contributed by atoms with Crippen LogP contribution in [-0.2, 0) is 13.5 Å². The molecule has 0 saturated carbocycles. The minimum atomic E-state index is -0.234. The van der Waals surface area contributed by atoms with Gasteiger partial charge in [0.2, 0.25) is 0 Å². The van der Waals surface area contributed by atoms with Gasteiger partial charge in [-0.1, -0.05) is 6.07 Å². The fourth-order valence-electron chi connectivity index (χ4n) is 1.53. The zero-order valence-electron chi connectivity index (χ0n) is 10.3. The highest BCUT2D eigenvalue weighted by atomic mass is 32.2. The molecule has 0 fully saturated rings. The molecule has 1 atom stereocenters. The van der Waals surface area contributed by atoms with Crippen molar-refractivity contribution < 1.29 is 0 Å². The van der Waals surface area contributed by atoms with Gasteiger partial charge >= 0.3 is 5.69 Å². The Morgan fingerprint density at radius 3 is 3.00 bits per heavy atom. The Hall–Kier alpha value is -1.60. The summed E-state index contributed by atoms with van der Waals surface area (Å²) in [6.45, 7) is 1.95. The van der Waals surface area contributed by atoms with Crippen molar-refractivity contribution >= 4 is 11.8 Å². The Balaban J connectivity index is 2.29. The molecule has 2 heterocycles. The summed E-state index contributed by atoms with van der Waals surface area (Å²) in [5.41, 5.74) is 6.64. The highest BCUT2D eigenvalue weighted by molar-refractivity contribution is 7.99. The van der Waals surface area contributed by atoms with Crippen LogP contribution in [-0.4, -0.2) is 25.8 Å². The van der Waals surface area contributed by atoms with Crippen molar-refractivity contribution in [3.63, 3.8) is 0 Å². The van der Waals surface area contributed by atoms with E-state index in [0.29, 0.717) is 5.16 Å². The third-order valence-electron chi connectivity index (χ3n) is 2.42. The van der Waals surface area contributed by atoms with Crippen LogP contribution in [0.2, 0.25) is 0 Å². The van der Waals surface area contributed by atoms with E-state index < -0.39 is 0 Å². The minimum Gasteiger partial charge on any atom is -0.328 e. The summed E-state index contributed by atoms with van der Waals surface area (Å²) in [7, 11) is 1.67. The number of pyridine rings is 1. The maximum Gasteiger partial charge on any atom is 0.343 e. The van der Waals surface area contributed by atoms with E-state index in [0.717, 1.165) is 17.0 Å². The molecule has 2 aromatic rings. The molecule has 0 aliphatic heterocycles. The van der Waals surface area contributed by atoms with Gasteiger partial charge in [-0.15, -0.1) is 5.10 Å². The fraction of sp³-hybridized carbons (Fsp3) is 0.364. The Morgan fingerprint density at radius 1 is 1.61 bits per heavy atom. The van der Waals surface area contributed by atoms with E-state index in [1.54, 1.807) is 13.2 Å². The largest absolute Gasteiger partial charge is 0.343 e. The van der Waals surface area contributed by atoms with Crippen molar-refractivity contribution in [2.24, 2.45) is 12.8 Å². The van der Waals surface area contributed by atoms with E-state index in [9.17, 15) is 4.79 Å². The Labute approximate surface area is 109 Å². The average molecular weight is 265 g/mol. The van der Waals surface area contributed by atoms with Crippen molar-refractivity contribution in [2.75, 3.05) is 0 Å². The second-order valence-corrected chi connectivity index (χ2v) is 5.08. The highest BCUT2D eigenvalue weighted by Gasteiger charge is 2.11. The summed E-state index contributed by atoms with van der Waals surface area (Å²) in [6, 6.07) is 3.94. The van der Waals surface area contributed by atoms with Crippen LogP contribution in [0.4, 0.5) is 0 Å². The first-order valence-electron chi connectivity index (χ1n) is 5.56. The lowest BCUT2D eigenvalue weighted by molar-refractivity contribution is 0.720. The topological polar surface area (TPSA) is 89.6 Å². The molecule has 2 rings (SSSR count). The first-order valence-corrected chi connectivity index (χ1v) is 6.38. The van der Waals surface area contributed by atoms with Crippen LogP contribution in [0.15, 0.2) is 33.3 Å². The molecular weight excluding hydrogens is 250 g/mol. The summed E-state index contributed by atoms with van der Waals surface area (Å²) in [5, 5.41) is 7.77. The smallest absolute Gasteiger partial charge is 0.328 e. The standard InChI is InChI=1S/C11H15N5OS/c1-7(12)6-8-4-3-5-13-9(8)18-11-15-14-10(17)16(11)2/h3-5,7H,6,12H2,1-2H3,(H,14,17). The summed E-state index contributed by atoms with van der Waals surface area (Å²) < 4.78 is 1.45. The van der Waals surface area contributed by atoms with Gasteiger partial charge in [0, 0.05) is 19.3 Å². The number of nitrogens with two attached hydrogens (primary N) is 1. The van der Waals surface area contributed by atoms with Crippen LogP contribution in [0.25, 0.3) is 0 Å². The number of hydrogen-bond donors (Lipinski definition) is 2. The second kappa shape index (κ2) is 5.36. The Morgan fingerprint density at radius 2 is 2.39 bits per heavy atom. The summed E-state index contributed by atoms with van der Waals surface area (Å²) in [5.74, 6) is 0. The zero-order valence-corrected chi connectivity index (χ0v) is 11.1. The van der Waals surface area contributed by atoms with E-state index in [4.69, 9.17) is 5.73 Å². The van der Waals surface area contributed by atoms with E-state index >= 15 is 0 Å². The summed E-state index contributed by atoms with van der Waals surface area (Å²) >= 11 is 1.36. The third-order valence-corrected chi connectivity index (χ3v) is 3.53. The van der Waals surface area contributed by atoms with Crippen LogP contribution in [0, 0.1) is 0 Å². The quantitative estimate of drug-likeness (QED) is 0.842. The molecule has 6 nitrogen and oxygen atoms in total. The van der Waals surface area contributed by atoms with Crippen molar-refractivity contribution in [1.29, 1.82) is 0 Å². The van der Waals surface area contributed by atoms with Gasteiger partial charge in [0.25, 0.3) is 0 Å². The Bertz CT molecular complexity index is 589. The van der Waals surface area contributed by atoms with Crippen molar-refractivity contribution in [2.45, 2.75) is 29.6 Å². The molecule has 0 spiro atoms. The lowest BCUT2D eigenvalue weighted by atomic mass is 10.1. The lowest BCUT2D eigenvalue weighted by Crippen LogP contribution is -2.18. The fourth-order valence-corrected chi connectivity index (χ4v) is 2.41. The molecule has 7 heteroatoms. The maximum absolute atomic E-state index is 11.3. The molecular formula is C11H15N5OS. The van der Waals surface area contributed by atoms with Crippen LogP contribution in [0.3, 0.4) is 0 Å². The van der Waals surface area contributed by atoms with Gasteiger partial charge < -0.3 is 5.73 Å². The maximum atomic E-state index is 11.3. The van der Waals surface area contributed by atoms with Gasteiger partial charge in [0.15, 0.2) is 5.16 Å². The normalized spacial score (nSPS) is 12.6. The van der Waals surface area contributed by atoms with Crippen molar-refractivity contribution in [3.05, 3.63) is 34.4 Å². The van der Waals surface area contributed by atoms with Gasteiger partial charge in [-0.3, -0.25) is 4.57 Å². The van der Waals surface area contributed by atoms with E-state index in [-0.39, 0.29) is 11.7 Å². The first-order chi connectivity index (χ1) is 8.58. The van der Waals surface area contributed by atoms with Gasteiger partial charge in [0.05, 0.1) is 0 Å². The second-order valence-electron chi connectivity index (χ2n) is 4.12. The minimum absolute atomic E-state index is 0.0663. The van der Waals surface area contributed by atoms with Crippen molar-refractivity contribution in [1.82, 2.24) is 19.7 Å².